The Hall–Kier alpha value is -0.740. The van der Waals surface area contributed by atoms with Crippen molar-refractivity contribution in [1.82, 2.24) is 5.32 Å². The minimum absolute atomic E-state index is 0.228. The van der Waals surface area contributed by atoms with Crippen molar-refractivity contribution in [2.75, 3.05) is 25.2 Å². The number of nitrogens with one attached hydrogen (secondary N) is 1. The minimum atomic E-state index is -0.228. The van der Waals surface area contributed by atoms with Crippen LogP contribution < -0.4 is 10.1 Å². The largest absolute Gasteiger partial charge is 0.494 e. The van der Waals surface area contributed by atoms with Gasteiger partial charge in [-0.15, -0.1) is 0 Å². The maximum atomic E-state index is 14.1. The highest BCUT2D eigenvalue weighted by molar-refractivity contribution is 7.99. The molecule has 19 heavy (non-hydrogen) atoms. The summed E-state index contributed by atoms with van der Waals surface area (Å²) in [6, 6.07) is 5.65. The van der Waals surface area contributed by atoms with Crippen molar-refractivity contribution in [1.29, 1.82) is 0 Å². The molecule has 108 valence electrons. The number of benzene rings is 1. The highest BCUT2D eigenvalue weighted by atomic mass is 32.2. The van der Waals surface area contributed by atoms with E-state index in [2.05, 4.69) is 19.2 Å². The molecule has 0 bridgehead atoms. The summed E-state index contributed by atoms with van der Waals surface area (Å²) in [5.41, 5.74) is 0.724. The third-order valence-corrected chi connectivity index (χ3v) is 4.22. The Balaban J connectivity index is 2.67. The summed E-state index contributed by atoms with van der Waals surface area (Å²) in [5, 5.41) is 3.43. The van der Waals surface area contributed by atoms with E-state index in [0.29, 0.717) is 18.2 Å². The molecule has 0 aliphatic rings. The number of rotatable bonds is 9. The molecule has 0 radical (unpaired) electrons. The van der Waals surface area contributed by atoms with Crippen LogP contribution in [0.4, 0.5) is 4.39 Å². The summed E-state index contributed by atoms with van der Waals surface area (Å²) in [6.07, 6.45) is 1.88. The van der Waals surface area contributed by atoms with Crippen molar-refractivity contribution < 1.29 is 9.13 Å². The Kier molecular flexibility index (Phi) is 7.91. The van der Waals surface area contributed by atoms with Crippen LogP contribution in [-0.4, -0.2) is 31.2 Å². The molecule has 0 aliphatic heterocycles. The summed E-state index contributed by atoms with van der Waals surface area (Å²) in [7, 11) is 1.50. The first kappa shape index (κ1) is 16.3. The predicted octanol–water partition coefficient (Wildman–Crippen LogP) is 3.50. The van der Waals surface area contributed by atoms with Crippen molar-refractivity contribution in [3.63, 3.8) is 0 Å². The number of likely N-dealkylation sites (N-methyl/N-ethyl adjacent to an activating group) is 1. The number of halogens is 1. The molecule has 1 aromatic carbocycles. The van der Waals surface area contributed by atoms with Gasteiger partial charge < -0.3 is 10.1 Å². The van der Waals surface area contributed by atoms with Gasteiger partial charge in [-0.2, -0.15) is 11.8 Å². The number of thioether (sulfide) groups is 1. The number of hydrogen-bond acceptors (Lipinski definition) is 3. The third kappa shape index (κ3) is 5.41. The quantitative estimate of drug-likeness (QED) is 0.702. The molecule has 0 saturated carbocycles. The molecule has 0 heterocycles. The first-order chi connectivity index (χ1) is 9.22. The summed E-state index contributed by atoms with van der Waals surface area (Å²) >= 11 is 1.92. The van der Waals surface area contributed by atoms with Crippen LogP contribution in [0.15, 0.2) is 18.2 Å². The van der Waals surface area contributed by atoms with Crippen molar-refractivity contribution in [3.8, 4) is 5.75 Å². The van der Waals surface area contributed by atoms with E-state index in [1.807, 2.05) is 23.9 Å². The van der Waals surface area contributed by atoms with Crippen molar-refractivity contribution in [3.05, 3.63) is 29.6 Å². The maximum absolute atomic E-state index is 14.1. The molecule has 1 N–H and O–H groups in total. The smallest absolute Gasteiger partial charge is 0.168 e. The highest BCUT2D eigenvalue weighted by Crippen LogP contribution is 2.21. The maximum Gasteiger partial charge on any atom is 0.168 e. The highest BCUT2D eigenvalue weighted by Gasteiger charge is 2.14. The van der Waals surface area contributed by atoms with Gasteiger partial charge in [-0.05, 0) is 36.8 Å². The van der Waals surface area contributed by atoms with Crippen LogP contribution in [0.1, 0.15) is 25.8 Å². The fraction of sp³-hybridized carbons (Fsp3) is 0.600. The summed E-state index contributed by atoms with van der Waals surface area (Å²) in [6.45, 7) is 5.17. The normalized spacial score (nSPS) is 12.4. The average Bonchev–Trinajstić information content (AvgIpc) is 2.41. The second kappa shape index (κ2) is 9.21. The molecular weight excluding hydrogens is 261 g/mol. The first-order valence-electron chi connectivity index (χ1n) is 6.85. The zero-order valence-electron chi connectivity index (χ0n) is 12.0. The van der Waals surface area contributed by atoms with E-state index in [1.165, 1.54) is 13.5 Å². The molecule has 0 amide bonds. The van der Waals surface area contributed by atoms with Gasteiger partial charge in [0.1, 0.15) is 0 Å². The molecule has 2 nitrogen and oxygen atoms in total. The molecule has 0 spiro atoms. The van der Waals surface area contributed by atoms with Gasteiger partial charge in [0.15, 0.2) is 11.6 Å². The average molecular weight is 285 g/mol. The zero-order valence-corrected chi connectivity index (χ0v) is 12.9. The van der Waals surface area contributed by atoms with Crippen LogP contribution in [0.3, 0.4) is 0 Å². The summed E-state index contributed by atoms with van der Waals surface area (Å²) < 4.78 is 19.1. The van der Waals surface area contributed by atoms with Gasteiger partial charge in [0.2, 0.25) is 0 Å². The van der Waals surface area contributed by atoms with Gasteiger partial charge in [-0.1, -0.05) is 26.0 Å². The first-order valence-corrected chi connectivity index (χ1v) is 8.00. The van der Waals surface area contributed by atoms with Gasteiger partial charge in [0, 0.05) is 11.8 Å². The molecule has 0 aliphatic carbocycles. The van der Waals surface area contributed by atoms with Gasteiger partial charge >= 0.3 is 0 Å². The van der Waals surface area contributed by atoms with E-state index < -0.39 is 0 Å². The molecule has 1 rings (SSSR count). The Morgan fingerprint density at radius 2 is 2.16 bits per heavy atom. The van der Waals surface area contributed by atoms with E-state index >= 15 is 0 Å². The Morgan fingerprint density at radius 3 is 2.79 bits per heavy atom. The van der Waals surface area contributed by atoms with Crippen LogP contribution >= 0.6 is 11.8 Å². The Bertz CT molecular complexity index is 373. The summed E-state index contributed by atoms with van der Waals surface area (Å²) in [4.78, 5) is 0. The molecule has 4 heteroatoms. The lowest BCUT2D eigenvalue weighted by Gasteiger charge is -2.18. The van der Waals surface area contributed by atoms with Crippen molar-refractivity contribution >= 4 is 11.8 Å². The van der Waals surface area contributed by atoms with Gasteiger partial charge in [-0.3, -0.25) is 0 Å². The van der Waals surface area contributed by atoms with Crippen LogP contribution in [-0.2, 0) is 6.42 Å². The molecule has 0 aromatic heterocycles. The van der Waals surface area contributed by atoms with E-state index in [0.717, 1.165) is 23.6 Å². The van der Waals surface area contributed by atoms with Crippen LogP contribution in [0.25, 0.3) is 0 Å². The molecule has 1 atom stereocenters. The standard InChI is InChI=1S/C15H24FNOS/c1-4-9-19-11-13(17-5-2)10-12-7-6-8-14(18-3)15(12)16/h6-8,13,17H,4-5,9-11H2,1-3H3. The van der Waals surface area contributed by atoms with Crippen molar-refractivity contribution in [2.24, 2.45) is 0 Å². The second-order valence-corrected chi connectivity index (χ2v) is 5.62. The second-order valence-electron chi connectivity index (χ2n) is 4.47. The van der Waals surface area contributed by atoms with Gasteiger partial charge in [-0.25, -0.2) is 4.39 Å². The minimum Gasteiger partial charge on any atom is -0.494 e. The Labute approximate surface area is 120 Å². The lowest BCUT2D eigenvalue weighted by atomic mass is 10.1. The molecule has 1 unspecified atom stereocenters. The van der Waals surface area contributed by atoms with Crippen LogP contribution in [0.2, 0.25) is 0 Å². The lowest BCUT2D eigenvalue weighted by molar-refractivity contribution is 0.383. The van der Waals surface area contributed by atoms with E-state index in [-0.39, 0.29) is 5.82 Å². The fourth-order valence-corrected chi connectivity index (χ4v) is 2.96. The molecule has 0 fully saturated rings. The zero-order chi connectivity index (χ0) is 14.1. The third-order valence-electron chi connectivity index (χ3n) is 2.89. The van der Waals surface area contributed by atoms with E-state index in [4.69, 9.17) is 4.74 Å². The van der Waals surface area contributed by atoms with E-state index in [1.54, 1.807) is 6.07 Å². The van der Waals surface area contributed by atoms with Crippen LogP contribution in [0.5, 0.6) is 5.75 Å². The van der Waals surface area contributed by atoms with E-state index in [9.17, 15) is 4.39 Å². The number of methoxy groups -OCH3 is 1. The molecule has 0 saturated heterocycles. The predicted molar refractivity (Wildman–Crippen MR) is 81.7 cm³/mol. The monoisotopic (exact) mass is 285 g/mol. The van der Waals surface area contributed by atoms with Crippen molar-refractivity contribution in [2.45, 2.75) is 32.7 Å². The van der Waals surface area contributed by atoms with Gasteiger partial charge in [0.05, 0.1) is 7.11 Å². The molecule has 1 aromatic rings. The summed E-state index contributed by atoms with van der Waals surface area (Å²) in [5.74, 6) is 2.27. The SMILES string of the molecule is CCCSCC(Cc1cccc(OC)c1F)NCC. The van der Waals surface area contributed by atoms with Gasteiger partial charge in [0.25, 0.3) is 0 Å². The number of ether oxygens (including phenoxy) is 1. The lowest BCUT2D eigenvalue weighted by Crippen LogP contribution is -2.33. The number of hydrogen-bond donors (Lipinski definition) is 1. The molecular formula is C15H24FNOS. The Morgan fingerprint density at radius 1 is 1.37 bits per heavy atom. The fourth-order valence-electron chi connectivity index (χ4n) is 1.99. The van der Waals surface area contributed by atoms with Crippen LogP contribution in [0, 0.1) is 5.82 Å². The topological polar surface area (TPSA) is 21.3 Å².